The van der Waals surface area contributed by atoms with Gasteiger partial charge in [0.05, 0.1) is 21.7 Å². The van der Waals surface area contributed by atoms with E-state index in [0.29, 0.717) is 16.5 Å². The molecule has 0 saturated heterocycles. The highest BCUT2D eigenvalue weighted by atomic mass is 35.5. The predicted molar refractivity (Wildman–Crippen MR) is 186 cm³/mol. The third-order valence-corrected chi connectivity index (χ3v) is 10.5. The summed E-state index contributed by atoms with van der Waals surface area (Å²) < 4.78 is 28.5. The van der Waals surface area contributed by atoms with Gasteiger partial charge < -0.3 is 5.11 Å². The summed E-state index contributed by atoms with van der Waals surface area (Å²) >= 11 is 13.8. The van der Waals surface area contributed by atoms with E-state index in [4.69, 9.17) is 28.2 Å². The third-order valence-electron chi connectivity index (χ3n) is 7.14. The molecule has 0 aliphatic rings. The minimum absolute atomic E-state index is 0.00509. The lowest BCUT2D eigenvalue weighted by Crippen LogP contribution is -2.25. The number of aryl methyl sites for hydroxylation is 1. The summed E-state index contributed by atoms with van der Waals surface area (Å²) in [7, 11) is -3.69. The molecular formula is C35H30Cl2N2O4S2. The molecule has 1 aromatic heterocycles. The molecule has 0 spiro atoms. The molecule has 10 heteroatoms. The van der Waals surface area contributed by atoms with Crippen LogP contribution < -0.4 is 4.72 Å². The number of thioether (sulfide) groups is 1. The molecule has 1 heterocycles. The number of nitrogens with one attached hydrogen (secondary N) is 1. The molecule has 0 radical (unpaired) electrons. The first-order chi connectivity index (χ1) is 21.7. The lowest BCUT2D eigenvalue weighted by Gasteiger charge is -2.18. The quantitative estimate of drug-likeness (QED) is 0.129. The van der Waals surface area contributed by atoms with Crippen molar-refractivity contribution < 1.29 is 18.3 Å². The molecule has 2 N–H and O–H groups in total. The zero-order valence-corrected chi connectivity index (χ0v) is 27.2. The standard InChI is InChI=1S/C35H30Cl2N2O4S2/c36-29-12-16-32(17-13-29)45(42,43)38-20-18-34(44-21-19-24-4-7-27(8-5-24)35(40)41)28-3-1-2-25(22-28)6-14-31-15-10-26-9-11-30(37)23-33(26)39-31/h1-17,22-23,34,38H,18-21H2,(H,40,41)/b14-6+. The number of sulfonamides is 1. The Hall–Kier alpha value is -3.66. The third kappa shape index (κ3) is 9.19. The number of carboxylic acids is 1. The molecule has 230 valence electrons. The van der Waals surface area contributed by atoms with Gasteiger partial charge in [-0.15, -0.1) is 0 Å². The van der Waals surface area contributed by atoms with E-state index < -0.39 is 16.0 Å². The minimum atomic E-state index is -3.69. The van der Waals surface area contributed by atoms with Crippen LogP contribution in [0.4, 0.5) is 0 Å². The van der Waals surface area contributed by atoms with Crippen molar-refractivity contribution in [1.29, 1.82) is 0 Å². The second-order valence-corrected chi connectivity index (χ2v) is 14.3. The molecule has 0 fully saturated rings. The first-order valence-corrected chi connectivity index (χ1v) is 17.5. The number of benzene rings is 4. The zero-order chi connectivity index (χ0) is 31.8. The van der Waals surface area contributed by atoms with Crippen molar-refractivity contribution in [3.05, 3.63) is 141 Å². The predicted octanol–water partition coefficient (Wildman–Crippen LogP) is 8.80. The van der Waals surface area contributed by atoms with Gasteiger partial charge in [0.25, 0.3) is 0 Å². The van der Waals surface area contributed by atoms with Gasteiger partial charge in [0.15, 0.2) is 0 Å². The Morgan fingerprint density at radius 1 is 0.889 bits per heavy atom. The monoisotopic (exact) mass is 676 g/mol. The number of aromatic nitrogens is 1. The van der Waals surface area contributed by atoms with E-state index in [0.717, 1.165) is 45.5 Å². The first kappa shape index (κ1) is 32.7. The molecule has 0 aliphatic carbocycles. The minimum Gasteiger partial charge on any atom is -0.478 e. The van der Waals surface area contributed by atoms with Gasteiger partial charge in [-0.2, -0.15) is 11.8 Å². The second kappa shape index (κ2) is 15.1. The molecule has 0 amide bonds. The van der Waals surface area contributed by atoms with Crippen LogP contribution in [-0.2, 0) is 16.4 Å². The number of nitrogens with zero attached hydrogens (tertiary/aromatic N) is 1. The van der Waals surface area contributed by atoms with Crippen molar-refractivity contribution in [3.63, 3.8) is 0 Å². The largest absolute Gasteiger partial charge is 0.478 e. The Morgan fingerprint density at radius 2 is 1.62 bits per heavy atom. The molecule has 1 atom stereocenters. The maximum atomic E-state index is 12.9. The molecule has 0 bridgehead atoms. The van der Waals surface area contributed by atoms with E-state index in [1.165, 1.54) is 12.1 Å². The topological polar surface area (TPSA) is 96.4 Å². The molecule has 5 rings (SSSR count). The van der Waals surface area contributed by atoms with Crippen molar-refractivity contribution in [2.45, 2.75) is 23.0 Å². The number of rotatable bonds is 13. The molecular weight excluding hydrogens is 647 g/mol. The summed E-state index contributed by atoms with van der Waals surface area (Å²) in [4.78, 5) is 16.1. The number of pyridine rings is 1. The number of aromatic carboxylic acids is 1. The van der Waals surface area contributed by atoms with Gasteiger partial charge in [0.2, 0.25) is 10.0 Å². The number of hydrogen-bond donors (Lipinski definition) is 2. The van der Waals surface area contributed by atoms with E-state index in [-0.39, 0.29) is 22.3 Å². The van der Waals surface area contributed by atoms with Crippen LogP contribution in [0.15, 0.2) is 108 Å². The molecule has 0 aliphatic heterocycles. The van der Waals surface area contributed by atoms with Crippen LogP contribution in [0.2, 0.25) is 10.0 Å². The van der Waals surface area contributed by atoms with Crippen LogP contribution in [0, 0.1) is 0 Å². The Bertz CT molecular complexity index is 1930. The molecule has 5 aromatic rings. The fourth-order valence-electron chi connectivity index (χ4n) is 4.74. The van der Waals surface area contributed by atoms with E-state index in [2.05, 4.69) is 16.9 Å². The number of carboxylic acid groups (broad SMARTS) is 1. The maximum Gasteiger partial charge on any atom is 0.335 e. The van der Waals surface area contributed by atoms with Gasteiger partial charge in [0.1, 0.15) is 0 Å². The lowest BCUT2D eigenvalue weighted by atomic mass is 10.1. The van der Waals surface area contributed by atoms with Gasteiger partial charge in [-0.05, 0) is 96.0 Å². The summed E-state index contributed by atoms with van der Waals surface area (Å²) in [5, 5.41) is 11.3. The number of carbonyl (C=O) groups is 1. The van der Waals surface area contributed by atoms with Crippen LogP contribution in [0.3, 0.4) is 0 Å². The van der Waals surface area contributed by atoms with Crippen molar-refractivity contribution >= 4 is 74.0 Å². The van der Waals surface area contributed by atoms with E-state index in [1.807, 2.05) is 66.7 Å². The average Bonchev–Trinajstić information content (AvgIpc) is 3.03. The fraction of sp³-hybridized carbons (Fsp3) is 0.143. The van der Waals surface area contributed by atoms with Gasteiger partial charge in [-0.25, -0.2) is 22.9 Å². The van der Waals surface area contributed by atoms with Crippen LogP contribution in [0.25, 0.3) is 23.1 Å². The fourth-order valence-corrected chi connectivity index (χ4v) is 7.35. The summed E-state index contributed by atoms with van der Waals surface area (Å²) in [6.45, 7) is 0.250. The molecule has 1 unspecified atom stereocenters. The second-order valence-electron chi connectivity index (χ2n) is 10.3. The summed E-state index contributed by atoms with van der Waals surface area (Å²) in [6.07, 6.45) is 5.28. The molecule has 0 saturated carbocycles. The summed E-state index contributed by atoms with van der Waals surface area (Å²) in [5.41, 5.74) is 5.00. The van der Waals surface area contributed by atoms with Crippen molar-refractivity contribution in [2.24, 2.45) is 0 Å². The van der Waals surface area contributed by atoms with Crippen LogP contribution in [0.5, 0.6) is 0 Å². The molecule has 45 heavy (non-hydrogen) atoms. The highest BCUT2D eigenvalue weighted by Crippen LogP contribution is 2.33. The first-order valence-electron chi connectivity index (χ1n) is 14.2. The van der Waals surface area contributed by atoms with Gasteiger partial charge in [-0.3, -0.25) is 0 Å². The van der Waals surface area contributed by atoms with E-state index in [1.54, 1.807) is 36.0 Å². The Balaban J connectivity index is 1.30. The number of halogens is 2. The highest BCUT2D eigenvalue weighted by molar-refractivity contribution is 7.99. The van der Waals surface area contributed by atoms with E-state index in [9.17, 15) is 18.3 Å². The summed E-state index contributed by atoms with van der Waals surface area (Å²) in [6, 6.07) is 30.8. The van der Waals surface area contributed by atoms with Crippen molar-refractivity contribution in [1.82, 2.24) is 9.71 Å². The average molecular weight is 678 g/mol. The Morgan fingerprint density at radius 3 is 2.38 bits per heavy atom. The summed E-state index contributed by atoms with van der Waals surface area (Å²) in [5.74, 6) is -0.184. The van der Waals surface area contributed by atoms with Crippen LogP contribution in [-0.4, -0.2) is 36.8 Å². The lowest BCUT2D eigenvalue weighted by molar-refractivity contribution is 0.0697. The molecule has 6 nitrogen and oxygen atoms in total. The normalized spacial score (nSPS) is 12.5. The highest BCUT2D eigenvalue weighted by Gasteiger charge is 2.17. The number of hydrogen-bond acceptors (Lipinski definition) is 5. The molecule has 4 aromatic carbocycles. The Kier molecular flexibility index (Phi) is 11.0. The van der Waals surface area contributed by atoms with Crippen LogP contribution >= 0.6 is 35.0 Å². The van der Waals surface area contributed by atoms with Crippen molar-refractivity contribution in [2.75, 3.05) is 12.3 Å². The van der Waals surface area contributed by atoms with E-state index >= 15 is 0 Å². The van der Waals surface area contributed by atoms with Gasteiger partial charge >= 0.3 is 5.97 Å². The van der Waals surface area contributed by atoms with Crippen LogP contribution in [0.1, 0.15) is 44.4 Å². The maximum absolute atomic E-state index is 12.9. The Labute approximate surface area is 277 Å². The number of fused-ring (bicyclic) bond motifs is 1. The van der Waals surface area contributed by atoms with Gasteiger partial charge in [-0.1, -0.05) is 77.8 Å². The zero-order valence-electron chi connectivity index (χ0n) is 24.1. The van der Waals surface area contributed by atoms with Gasteiger partial charge in [0, 0.05) is 27.2 Å². The smallest absolute Gasteiger partial charge is 0.335 e. The van der Waals surface area contributed by atoms with Crippen molar-refractivity contribution in [3.8, 4) is 0 Å². The SMILES string of the molecule is O=C(O)c1ccc(CCSC(CCNS(=O)(=O)c2ccc(Cl)cc2)c2cccc(/C=C/c3ccc4ccc(Cl)cc4n3)c2)cc1.